The van der Waals surface area contributed by atoms with Crippen LogP contribution < -0.4 is 5.32 Å². The van der Waals surface area contributed by atoms with Gasteiger partial charge in [0.1, 0.15) is 5.76 Å². The number of thiophene rings is 1. The van der Waals surface area contributed by atoms with Crippen LogP contribution in [0.2, 0.25) is 0 Å². The number of imide groups is 1. The van der Waals surface area contributed by atoms with Crippen molar-refractivity contribution < 1.29 is 28.3 Å². The van der Waals surface area contributed by atoms with E-state index >= 15 is 0 Å². The molecule has 2 saturated heterocycles. The summed E-state index contributed by atoms with van der Waals surface area (Å²) < 4.78 is 10.5. The zero-order valence-corrected chi connectivity index (χ0v) is 17.2. The monoisotopic (exact) mass is 431 g/mol. The van der Waals surface area contributed by atoms with E-state index in [2.05, 4.69) is 5.32 Å². The molecule has 0 radical (unpaired) electrons. The van der Waals surface area contributed by atoms with E-state index in [4.69, 9.17) is 9.15 Å². The second kappa shape index (κ2) is 8.04. The van der Waals surface area contributed by atoms with Crippen LogP contribution >= 0.6 is 11.3 Å². The number of hydrogen-bond acceptors (Lipinski definition) is 7. The van der Waals surface area contributed by atoms with Gasteiger partial charge in [0.2, 0.25) is 5.91 Å². The van der Waals surface area contributed by atoms with Gasteiger partial charge in [-0.25, -0.2) is 4.79 Å². The van der Waals surface area contributed by atoms with Crippen molar-refractivity contribution in [3.05, 3.63) is 46.0 Å². The first-order valence-corrected chi connectivity index (χ1v) is 10.4. The molecular weight excluding hydrogens is 410 g/mol. The Morgan fingerprint density at radius 3 is 2.67 bits per heavy atom. The summed E-state index contributed by atoms with van der Waals surface area (Å²) >= 11 is 1.20. The number of furan rings is 1. The molecule has 4 rings (SSSR count). The zero-order chi connectivity index (χ0) is 21.3. The average Bonchev–Trinajstić information content (AvgIpc) is 3.47. The highest BCUT2D eigenvalue weighted by atomic mass is 32.1. The van der Waals surface area contributed by atoms with E-state index in [1.54, 1.807) is 29.2 Å². The van der Waals surface area contributed by atoms with Crippen LogP contribution in [-0.2, 0) is 26.3 Å². The van der Waals surface area contributed by atoms with Gasteiger partial charge in [-0.05, 0) is 31.2 Å². The fourth-order valence-electron chi connectivity index (χ4n) is 3.49. The van der Waals surface area contributed by atoms with Crippen LogP contribution in [0.1, 0.15) is 27.2 Å². The number of hydrogen-bond donors (Lipinski definition) is 1. The minimum absolute atomic E-state index is 0.0116. The van der Waals surface area contributed by atoms with Crippen LogP contribution in [0, 0.1) is 0 Å². The molecule has 0 aliphatic carbocycles. The van der Waals surface area contributed by atoms with Gasteiger partial charge in [0.25, 0.3) is 5.91 Å². The fraction of sp³-hybridized carbons (Fsp3) is 0.400. The predicted molar refractivity (Wildman–Crippen MR) is 106 cm³/mol. The number of amides is 4. The van der Waals surface area contributed by atoms with Crippen molar-refractivity contribution in [2.45, 2.75) is 18.9 Å². The van der Waals surface area contributed by atoms with Gasteiger partial charge in [-0.3, -0.25) is 19.3 Å². The topological polar surface area (TPSA) is 109 Å². The zero-order valence-electron chi connectivity index (χ0n) is 16.4. The maximum Gasteiger partial charge on any atom is 0.325 e. The Morgan fingerprint density at radius 2 is 1.97 bits per heavy atom. The summed E-state index contributed by atoms with van der Waals surface area (Å²) in [6.07, 6.45) is 1.62. The normalized spacial score (nSPS) is 21.8. The van der Waals surface area contributed by atoms with Crippen LogP contribution in [0.3, 0.4) is 0 Å². The Balaban J connectivity index is 1.40. The van der Waals surface area contributed by atoms with E-state index in [0.29, 0.717) is 36.9 Å². The van der Waals surface area contributed by atoms with E-state index in [1.807, 2.05) is 0 Å². The molecule has 0 spiro atoms. The lowest BCUT2D eigenvalue weighted by Gasteiger charge is -2.26. The summed E-state index contributed by atoms with van der Waals surface area (Å²) in [5.74, 6) is -0.620. The molecule has 9 nitrogen and oxygen atoms in total. The minimum atomic E-state index is -1.34. The molecule has 2 aromatic heterocycles. The minimum Gasteiger partial charge on any atom is -0.466 e. The lowest BCUT2D eigenvalue weighted by molar-refractivity contribution is -0.134. The maximum atomic E-state index is 12.8. The second-order valence-corrected chi connectivity index (χ2v) is 8.45. The number of morpholine rings is 1. The Bertz CT molecular complexity index is 979. The number of urea groups is 1. The summed E-state index contributed by atoms with van der Waals surface area (Å²) in [6, 6.07) is 5.93. The molecule has 0 bridgehead atoms. The third-order valence-electron chi connectivity index (χ3n) is 5.22. The molecule has 30 heavy (non-hydrogen) atoms. The van der Waals surface area contributed by atoms with Crippen molar-refractivity contribution in [2.75, 3.05) is 32.8 Å². The van der Waals surface area contributed by atoms with Gasteiger partial charge in [-0.1, -0.05) is 0 Å². The van der Waals surface area contributed by atoms with Crippen molar-refractivity contribution in [3.63, 3.8) is 0 Å². The number of ether oxygens (including phenoxy) is 1. The molecule has 2 fully saturated rings. The van der Waals surface area contributed by atoms with Gasteiger partial charge in [0, 0.05) is 18.0 Å². The summed E-state index contributed by atoms with van der Waals surface area (Å²) in [4.78, 5) is 54.0. The standard InChI is InChI=1S/C20H21N3O6S/c1-20(16-3-2-8-29-16)18(26)23(19(27)21-20)12-14(24)15-5-4-13(30-15)11-17(25)22-6-9-28-10-7-22/h2-5,8H,6-7,9-12H2,1H3,(H,21,27)/t20-/m1/s1. The molecule has 1 N–H and O–H groups in total. The number of rotatable bonds is 6. The highest BCUT2D eigenvalue weighted by Crippen LogP contribution is 2.29. The number of Topliss-reactive ketones (excluding diaryl/α,β-unsaturated/α-hetero) is 1. The second-order valence-electron chi connectivity index (χ2n) is 7.28. The lowest BCUT2D eigenvalue weighted by Crippen LogP contribution is -2.41. The first-order chi connectivity index (χ1) is 14.4. The quantitative estimate of drug-likeness (QED) is 0.547. The summed E-state index contributed by atoms with van der Waals surface area (Å²) in [5.41, 5.74) is -1.34. The molecular formula is C20H21N3O6S. The van der Waals surface area contributed by atoms with E-state index in [9.17, 15) is 19.2 Å². The van der Waals surface area contributed by atoms with Crippen molar-refractivity contribution in [2.24, 2.45) is 0 Å². The number of nitrogens with zero attached hydrogens (tertiary/aromatic N) is 2. The van der Waals surface area contributed by atoms with Crippen molar-refractivity contribution in [1.29, 1.82) is 0 Å². The third-order valence-corrected chi connectivity index (χ3v) is 6.34. The molecule has 1 atom stereocenters. The van der Waals surface area contributed by atoms with Crippen molar-refractivity contribution in [1.82, 2.24) is 15.1 Å². The van der Waals surface area contributed by atoms with Crippen LogP contribution in [0.25, 0.3) is 0 Å². The van der Waals surface area contributed by atoms with Crippen LogP contribution in [0.15, 0.2) is 34.9 Å². The Kier molecular flexibility index (Phi) is 5.44. The largest absolute Gasteiger partial charge is 0.466 e. The number of nitrogens with one attached hydrogen (secondary N) is 1. The molecule has 4 amide bonds. The van der Waals surface area contributed by atoms with Gasteiger partial charge in [-0.15, -0.1) is 11.3 Å². The Hall–Kier alpha value is -2.98. The highest BCUT2D eigenvalue weighted by molar-refractivity contribution is 7.14. The smallest absolute Gasteiger partial charge is 0.325 e. The average molecular weight is 431 g/mol. The predicted octanol–water partition coefficient (Wildman–Crippen LogP) is 1.39. The maximum absolute atomic E-state index is 12.8. The van der Waals surface area contributed by atoms with E-state index in [-0.39, 0.29) is 24.7 Å². The molecule has 2 aliphatic heterocycles. The van der Waals surface area contributed by atoms with Gasteiger partial charge < -0.3 is 19.4 Å². The summed E-state index contributed by atoms with van der Waals surface area (Å²) in [6.45, 7) is 3.36. The third kappa shape index (κ3) is 3.75. The van der Waals surface area contributed by atoms with E-state index < -0.39 is 17.5 Å². The SMILES string of the molecule is C[C@]1(c2ccco2)NC(=O)N(CC(=O)c2ccc(CC(=O)N3CCOCC3)s2)C1=O. The molecule has 4 heterocycles. The van der Waals surface area contributed by atoms with Gasteiger partial charge in [-0.2, -0.15) is 0 Å². The first-order valence-electron chi connectivity index (χ1n) is 9.54. The molecule has 0 saturated carbocycles. The van der Waals surface area contributed by atoms with E-state index in [1.165, 1.54) is 24.5 Å². The first kappa shape index (κ1) is 20.3. The van der Waals surface area contributed by atoms with Gasteiger partial charge in [0.05, 0.1) is 37.3 Å². The molecule has 10 heteroatoms. The molecule has 0 unspecified atom stereocenters. The molecule has 2 aromatic rings. The molecule has 0 aromatic carbocycles. The Labute approximate surface area is 176 Å². The number of carbonyl (C=O) groups is 4. The van der Waals surface area contributed by atoms with Crippen LogP contribution in [-0.4, -0.2) is 66.3 Å². The highest BCUT2D eigenvalue weighted by Gasteiger charge is 2.51. The Morgan fingerprint density at radius 1 is 1.20 bits per heavy atom. The van der Waals surface area contributed by atoms with Crippen LogP contribution in [0.5, 0.6) is 0 Å². The lowest BCUT2D eigenvalue weighted by atomic mass is 9.99. The number of ketones is 1. The van der Waals surface area contributed by atoms with Crippen LogP contribution in [0.4, 0.5) is 4.79 Å². The number of carbonyl (C=O) groups excluding carboxylic acids is 4. The molecule has 2 aliphatic rings. The van der Waals surface area contributed by atoms with Crippen molar-refractivity contribution in [3.8, 4) is 0 Å². The molecule has 158 valence electrons. The summed E-state index contributed by atoms with van der Waals surface area (Å²) in [5, 5.41) is 2.59. The fourth-order valence-corrected chi connectivity index (χ4v) is 4.42. The van der Waals surface area contributed by atoms with E-state index in [0.717, 1.165) is 9.78 Å². The van der Waals surface area contributed by atoms with Gasteiger partial charge >= 0.3 is 6.03 Å². The van der Waals surface area contributed by atoms with Crippen molar-refractivity contribution >= 4 is 35.0 Å². The summed E-state index contributed by atoms with van der Waals surface area (Å²) in [7, 11) is 0. The van der Waals surface area contributed by atoms with Gasteiger partial charge in [0.15, 0.2) is 11.3 Å².